The fourth-order valence-corrected chi connectivity index (χ4v) is 2.09. The van der Waals surface area contributed by atoms with E-state index in [1.54, 1.807) is 7.11 Å². The number of ether oxygens (including phenoxy) is 2. The standard InChI is InChI=1S/C15H25NO3/c1-4-16-15(11-17,12-19-13(2)10-18-3)14-8-6-5-7-9-14/h5-9,13,16-17H,4,10-12H2,1-3H3. The molecule has 0 saturated heterocycles. The highest BCUT2D eigenvalue weighted by molar-refractivity contribution is 5.25. The molecule has 1 rings (SSSR count). The first kappa shape index (κ1) is 16.1. The van der Waals surface area contributed by atoms with Gasteiger partial charge in [-0.2, -0.15) is 0 Å². The van der Waals surface area contributed by atoms with Gasteiger partial charge in [0, 0.05) is 7.11 Å². The maximum atomic E-state index is 9.83. The number of hydrogen-bond acceptors (Lipinski definition) is 4. The van der Waals surface area contributed by atoms with Gasteiger partial charge in [-0.25, -0.2) is 0 Å². The summed E-state index contributed by atoms with van der Waals surface area (Å²) >= 11 is 0. The summed E-state index contributed by atoms with van der Waals surface area (Å²) in [6.45, 7) is 5.69. The molecular weight excluding hydrogens is 242 g/mol. The highest BCUT2D eigenvalue weighted by Gasteiger charge is 2.31. The minimum Gasteiger partial charge on any atom is -0.394 e. The Kier molecular flexibility index (Phi) is 7.02. The maximum absolute atomic E-state index is 9.83. The first-order valence-electron chi connectivity index (χ1n) is 6.70. The van der Waals surface area contributed by atoms with E-state index in [1.807, 2.05) is 44.2 Å². The van der Waals surface area contributed by atoms with Gasteiger partial charge in [-0.15, -0.1) is 0 Å². The summed E-state index contributed by atoms with van der Waals surface area (Å²) in [5.41, 5.74) is 0.474. The van der Waals surface area contributed by atoms with E-state index in [9.17, 15) is 5.11 Å². The highest BCUT2D eigenvalue weighted by atomic mass is 16.5. The van der Waals surface area contributed by atoms with Crippen LogP contribution in [0.5, 0.6) is 0 Å². The van der Waals surface area contributed by atoms with Gasteiger partial charge < -0.3 is 19.9 Å². The first-order chi connectivity index (χ1) is 9.18. The Balaban J connectivity index is 2.81. The predicted molar refractivity (Wildman–Crippen MR) is 76.2 cm³/mol. The molecule has 0 aromatic heterocycles. The smallest absolute Gasteiger partial charge is 0.0906 e. The lowest BCUT2D eigenvalue weighted by atomic mass is 9.91. The molecule has 0 amide bonds. The number of hydrogen-bond donors (Lipinski definition) is 2. The molecule has 1 aromatic carbocycles. The molecule has 0 saturated carbocycles. The zero-order chi connectivity index (χ0) is 14.1. The monoisotopic (exact) mass is 267 g/mol. The molecule has 0 aliphatic rings. The maximum Gasteiger partial charge on any atom is 0.0906 e. The molecule has 2 unspecified atom stereocenters. The first-order valence-corrected chi connectivity index (χ1v) is 6.70. The summed E-state index contributed by atoms with van der Waals surface area (Å²) in [4.78, 5) is 0. The van der Waals surface area contributed by atoms with E-state index in [0.29, 0.717) is 13.2 Å². The summed E-state index contributed by atoms with van der Waals surface area (Å²) in [6, 6.07) is 9.91. The van der Waals surface area contributed by atoms with Crippen LogP contribution in [0.2, 0.25) is 0 Å². The Labute approximate surface area is 115 Å². The fourth-order valence-electron chi connectivity index (χ4n) is 2.09. The van der Waals surface area contributed by atoms with Gasteiger partial charge in [0.2, 0.25) is 0 Å². The number of benzene rings is 1. The van der Waals surface area contributed by atoms with Gasteiger partial charge in [0.1, 0.15) is 0 Å². The molecule has 2 N–H and O–H groups in total. The molecule has 2 atom stereocenters. The van der Waals surface area contributed by atoms with Crippen LogP contribution in [-0.4, -0.2) is 44.7 Å². The summed E-state index contributed by atoms with van der Waals surface area (Å²) in [6.07, 6.45) is -0.00158. The average Bonchev–Trinajstić information content (AvgIpc) is 2.45. The minimum absolute atomic E-state index is 0.00158. The van der Waals surface area contributed by atoms with Crippen molar-refractivity contribution in [3.8, 4) is 0 Å². The van der Waals surface area contributed by atoms with Crippen LogP contribution in [0.25, 0.3) is 0 Å². The molecule has 19 heavy (non-hydrogen) atoms. The summed E-state index contributed by atoms with van der Waals surface area (Å²) in [7, 11) is 1.65. The second-order valence-electron chi connectivity index (χ2n) is 4.71. The second-order valence-corrected chi connectivity index (χ2v) is 4.71. The van der Waals surface area contributed by atoms with Crippen molar-refractivity contribution in [3.63, 3.8) is 0 Å². The van der Waals surface area contributed by atoms with Crippen molar-refractivity contribution in [2.75, 3.05) is 33.5 Å². The van der Waals surface area contributed by atoms with Crippen LogP contribution in [0.3, 0.4) is 0 Å². The molecule has 0 aliphatic heterocycles. The number of likely N-dealkylation sites (N-methyl/N-ethyl adjacent to an activating group) is 1. The molecule has 0 radical (unpaired) electrons. The van der Waals surface area contributed by atoms with Crippen LogP contribution >= 0.6 is 0 Å². The van der Waals surface area contributed by atoms with Gasteiger partial charge in [-0.05, 0) is 19.0 Å². The van der Waals surface area contributed by atoms with Gasteiger partial charge in [0.25, 0.3) is 0 Å². The lowest BCUT2D eigenvalue weighted by Gasteiger charge is -2.34. The van der Waals surface area contributed by atoms with Crippen LogP contribution in [-0.2, 0) is 15.0 Å². The molecule has 108 valence electrons. The largest absolute Gasteiger partial charge is 0.394 e. The Morgan fingerprint density at radius 1 is 1.32 bits per heavy atom. The van der Waals surface area contributed by atoms with Crippen molar-refractivity contribution in [2.24, 2.45) is 0 Å². The van der Waals surface area contributed by atoms with Crippen molar-refractivity contribution in [1.82, 2.24) is 5.32 Å². The summed E-state index contributed by atoms with van der Waals surface area (Å²) in [5, 5.41) is 13.2. The van der Waals surface area contributed by atoms with Gasteiger partial charge in [-0.1, -0.05) is 37.3 Å². The number of rotatable bonds is 9. The Morgan fingerprint density at radius 2 is 2.00 bits per heavy atom. The van der Waals surface area contributed by atoms with Crippen molar-refractivity contribution in [1.29, 1.82) is 0 Å². The van der Waals surface area contributed by atoms with Crippen molar-refractivity contribution < 1.29 is 14.6 Å². The molecule has 0 aliphatic carbocycles. The Morgan fingerprint density at radius 3 is 2.53 bits per heavy atom. The van der Waals surface area contributed by atoms with Gasteiger partial charge in [0.05, 0.1) is 31.5 Å². The van der Waals surface area contributed by atoms with Crippen molar-refractivity contribution >= 4 is 0 Å². The molecule has 0 bridgehead atoms. The topological polar surface area (TPSA) is 50.7 Å². The van der Waals surface area contributed by atoms with E-state index in [2.05, 4.69) is 5.32 Å². The lowest BCUT2D eigenvalue weighted by Crippen LogP contribution is -2.50. The molecule has 0 heterocycles. The number of methoxy groups -OCH3 is 1. The zero-order valence-electron chi connectivity index (χ0n) is 12.1. The van der Waals surface area contributed by atoms with E-state index < -0.39 is 5.54 Å². The summed E-state index contributed by atoms with van der Waals surface area (Å²) < 4.78 is 10.9. The normalized spacial score (nSPS) is 16.0. The highest BCUT2D eigenvalue weighted by Crippen LogP contribution is 2.21. The van der Waals surface area contributed by atoms with E-state index >= 15 is 0 Å². The predicted octanol–water partition coefficient (Wildman–Crippen LogP) is 1.54. The Bertz CT molecular complexity index is 345. The van der Waals surface area contributed by atoms with Crippen LogP contribution in [0.15, 0.2) is 30.3 Å². The lowest BCUT2D eigenvalue weighted by molar-refractivity contribution is -0.0336. The van der Waals surface area contributed by atoms with Gasteiger partial charge >= 0.3 is 0 Å². The van der Waals surface area contributed by atoms with Crippen molar-refractivity contribution in [3.05, 3.63) is 35.9 Å². The van der Waals surface area contributed by atoms with Gasteiger partial charge in [0.15, 0.2) is 0 Å². The third-order valence-corrected chi connectivity index (χ3v) is 3.13. The molecule has 4 heteroatoms. The van der Waals surface area contributed by atoms with E-state index in [4.69, 9.17) is 9.47 Å². The summed E-state index contributed by atoms with van der Waals surface area (Å²) in [5.74, 6) is 0. The SMILES string of the molecule is CCNC(CO)(COC(C)COC)c1ccccc1. The third-order valence-electron chi connectivity index (χ3n) is 3.13. The third kappa shape index (κ3) is 4.58. The molecule has 4 nitrogen and oxygen atoms in total. The minimum atomic E-state index is -0.558. The number of aliphatic hydroxyl groups excluding tert-OH is 1. The zero-order valence-corrected chi connectivity index (χ0v) is 12.1. The quantitative estimate of drug-likeness (QED) is 0.712. The number of nitrogens with one attached hydrogen (secondary N) is 1. The van der Waals surface area contributed by atoms with Crippen molar-refractivity contribution in [2.45, 2.75) is 25.5 Å². The molecular formula is C15H25NO3. The van der Waals surface area contributed by atoms with Crippen LogP contribution in [0.1, 0.15) is 19.4 Å². The van der Waals surface area contributed by atoms with Crippen LogP contribution < -0.4 is 5.32 Å². The van der Waals surface area contributed by atoms with E-state index in [1.165, 1.54) is 0 Å². The van der Waals surface area contributed by atoms with E-state index in [-0.39, 0.29) is 12.7 Å². The van der Waals surface area contributed by atoms with E-state index in [0.717, 1.165) is 12.1 Å². The molecule has 0 spiro atoms. The molecule has 0 fully saturated rings. The fraction of sp³-hybridized carbons (Fsp3) is 0.600. The average molecular weight is 267 g/mol. The van der Waals surface area contributed by atoms with Gasteiger partial charge in [-0.3, -0.25) is 0 Å². The second kappa shape index (κ2) is 8.27. The molecule has 1 aromatic rings. The van der Waals surface area contributed by atoms with Crippen LogP contribution in [0.4, 0.5) is 0 Å². The Hall–Kier alpha value is -0.940. The van der Waals surface area contributed by atoms with Crippen LogP contribution in [0, 0.1) is 0 Å². The number of aliphatic hydroxyl groups is 1.